The molecular weight excluding hydrogens is 218 g/mol. The van der Waals surface area contributed by atoms with Crippen LogP contribution in [-0.4, -0.2) is 30.5 Å². The smallest absolute Gasteiger partial charge is 0.407 e. The van der Waals surface area contributed by atoms with E-state index in [-0.39, 0.29) is 19.3 Å². The highest BCUT2D eigenvalue weighted by Gasteiger charge is 2.48. The first kappa shape index (κ1) is 11.3. The van der Waals surface area contributed by atoms with Crippen LogP contribution in [0.15, 0.2) is 0 Å². The molecule has 4 aliphatic carbocycles. The molecule has 2 N–H and O–H groups in total. The van der Waals surface area contributed by atoms with Gasteiger partial charge in [0, 0.05) is 6.04 Å². The summed E-state index contributed by atoms with van der Waals surface area (Å²) in [5.74, 6) is 3.19. The van der Waals surface area contributed by atoms with Crippen molar-refractivity contribution in [3.8, 4) is 0 Å². The number of rotatable bonds is 3. The fraction of sp³-hybridized carbons (Fsp3) is 0.923. The van der Waals surface area contributed by atoms with E-state index < -0.39 is 0 Å². The van der Waals surface area contributed by atoms with Crippen LogP contribution in [0.5, 0.6) is 0 Å². The van der Waals surface area contributed by atoms with Crippen molar-refractivity contribution in [2.75, 3.05) is 13.2 Å². The molecule has 0 heterocycles. The average molecular weight is 239 g/mol. The molecule has 0 unspecified atom stereocenters. The Labute approximate surface area is 102 Å². The van der Waals surface area contributed by atoms with E-state index in [0.717, 1.165) is 11.8 Å². The zero-order valence-electron chi connectivity index (χ0n) is 10.1. The van der Waals surface area contributed by atoms with Crippen molar-refractivity contribution in [1.82, 2.24) is 5.32 Å². The standard InChI is InChI=1S/C13H21NO3/c15-1-2-17-13(16)14-12-10-4-8-3-9(6-10)7-11(12)5-8/h8-12,15H,1-7H2,(H,14,16). The molecule has 4 fully saturated rings. The van der Waals surface area contributed by atoms with Crippen LogP contribution < -0.4 is 5.32 Å². The number of amides is 1. The first-order valence-corrected chi connectivity index (χ1v) is 6.80. The topological polar surface area (TPSA) is 58.6 Å². The van der Waals surface area contributed by atoms with Gasteiger partial charge in [0.15, 0.2) is 0 Å². The van der Waals surface area contributed by atoms with Crippen LogP contribution in [0, 0.1) is 23.7 Å². The maximum atomic E-state index is 11.5. The summed E-state index contributed by atoms with van der Waals surface area (Å²) in [4.78, 5) is 11.5. The lowest BCUT2D eigenvalue weighted by Crippen LogP contribution is -2.55. The van der Waals surface area contributed by atoms with Gasteiger partial charge in [-0.25, -0.2) is 4.79 Å². The van der Waals surface area contributed by atoms with Crippen LogP contribution in [0.2, 0.25) is 0 Å². The Morgan fingerprint density at radius 2 is 1.71 bits per heavy atom. The van der Waals surface area contributed by atoms with Gasteiger partial charge < -0.3 is 15.2 Å². The van der Waals surface area contributed by atoms with E-state index in [0.29, 0.717) is 17.9 Å². The SMILES string of the molecule is O=C(NC1C2CC3CC(C2)CC1C3)OCCO. The predicted octanol–water partition coefficient (Wildman–Crippen LogP) is 1.53. The quantitative estimate of drug-likeness (QED) is 0.785. The van der Waals surface area contributed by atoms with Crippen LogP contribution in [0.4, 0.5) is 4.79 Å². The highest BCUT2D eigenvalue weighted by atomic mass is 16.6. The molecule has 0 aromatic carbocycles. The van der Waals surface area contributed by atoms with E-state index in [2.05, 4.69) is 5.32 Å². The Morgan fingerprint density at radius 3 is 2.24 bits per heavy atom. The molecule has 4 rings (SSSR count). The predicted molar refractivity (Wildman–Crippen MR) is 62.4 cm³/mol. The number of hydrogen-bond acceptors (Lipinski definition) is 3. The number of alkyl carbamates (subject to hydrolysis) is 1. The maximum Gasteiger partial charge on any atom is 0.407 e. The van der Waals surface area contributed by atoms with Gasteiger partial charge in [0.1, 0.15) is 6.61 Å². The maximum absolute atomic E-state index is 11.5. The van der Waals surface area contributed by atoms with Gasteiger partial charge in [0.2, 0.25) is 0 Å². The van der Waals surface area contributed by atoms with E-state index in [9.17, 15) is 4.79 Å². The number of aliphatic hydroxyl groups excluding tert-OH is 1. The molecule has 1 amide bonds. The Kier molecular flexibility index (Phi) is 2.99. The molecule has 0 aromatic heterocycles. The zero-order chi connectivity index (χ0) is 11.8. The lowest BCUT2D eigenvalue weighted by atomic mass is 9.54. The minimum absolute atomic E-state index is 0.0964. The summed E-state index contributed by atoms with van der Waals surface area (Å²) in [5.41, 5.74) is 0. The second kappa shape index (κ2) is 4.48. The Bertz CT molecular complexity index is 277. The Morgan fingerprint density at radius 1 is 1.12 bits per heavy atom. The summed E-state index contributed by atoms with van der Waals surface area (Å²) in [5, 5.41) is 11.6. The number of ether oxygens (including phenoxy) is 1. The van der Waals surface area contributed by atoms with Crippen LogP contribution in [0.1, 0.15) is 32.1 Å². The van der Waals surface area contributed by atoms with Gasteiger partial charge in [-0.2, -0.15) is 0 Å². The van der Waals surface area contributed by atoms with E-state index >= 15 is 0 Å². The molecule has 4 nitrogen and oxygen atoms in total. The third-order valence-corrected chi connectivity index (χ3v) is 4.84. The minimum Gasteiger partial charge on any atom is -0.447 e. The van der Waals surface area contributed by atoms with E-state index in [4.69, 9.17) is 9.84 Å². The molecular formula is C13H21NO3. The normalized spacial score (nSPS) is 42.5. The number of hydrogen-bond donors (Lipinski definition) is 2. The van der Waals surface area contributed by atoms with Gasteiger partial charge in [0.05, 0.1) is 6.61 Å². The van der Waals surface area contributed by atoms with Gasteiger partial charge in [-0.1, -0.05) is 0 Å². The highest BCUT2D eigenvalue weighted by Crippen LogP contribution is 2.53. The summed E-state index contributed by atoms with van der Waals surface area (Å²) in [6.07, 6.45) is 6.23. The molecule has 4 heteroatoms. The van der Waals surface area contributed by atoms with Gasteiger partial charge >= 0.3 is 6.09 Å². The molecule has 0 radical (unpaired) electrons. The molecule has 4 saturated carbocycles. The molecule has 0 spiro atoms. The third kappa shape index (κ3) is 2.15. The Hall–Kier alpha value is -0.770. The van der Waals surface area contributed by atoms with Crippen molar-refractivity contribution in [1.29, 1.82) is 0 Å². The number of nitrogens with one attached hydrogen (secondary N) is 1. The van der Waals surface area contributed by atoms with Gasteiger partial charge in [0.25, 0.3) is 0 Å². The molecule has 96 valence electrons. The van der Waals surface area contributed by atoms with E-state index in [1.807, 2.05) is 0 Å². The zero-order valence-corrected chi connectivity index (χ0v) is 10.1. The van der Waals surface area contributed by atoms with Crippen LogP contribution >= 0.6 is 0 Å². The molecule has 17 heavy (non-hydrogen) atoms. The molecule has 0 atom stereocenters. The monoisotopic (exact) mass is 239 g/mol. The van der Waals surface area contributed by atoms with E-state index in [1.165, 1.54) is 32.1 Å². The number of carbonyl (C=O) groups is 1. The summed E-state index contributed by atoms with van der Waals surface area (Å²) in [6.45, 7) is -0.00573. The molecule has 0 aliphatic heterocycles. The fourth-order valence-corrected chi connectivity index (χ4v) is 4.48. The fourth-order valence-electron chi connectivity index (χ4n) is 4.48. The van der Waals surface area contributed by atoms with Crippen molar-refractivity contribution < 1.29 is 14.6 Å². The minimum atomic E-state index is -0.350. The van der Waals surface area contributed by atoms with Gasteiger partial charge in [-0.15, -0.1) is 0 Å². The summed E-state index contributed by atoms with van der Waals surface area (Å²) >= 11 is 0. The van der Waals surface area contributed by atoms with E-state index in [1.54, 1.807) is 0 Å². The van der Waals surface area contributed by atoms with Crippen LogP contribution in [-0.2, 0) is 4.74 Å². The lowest BCUT2D eigenvalue weighted by molar-refractivity contribution is -0.0141. The van der Waals surface area contributed by atoms with Crippen molar-refractivity contribution >= 4 is 6.09 Å². The molecule has 4 aliphatic rings. The number of carbonyl (C=O) groups excluding carboxylic acids is 1. The third-order valence-electron chi connectivity index (χ3n) is 4.84. The number of aliphatic hydroxyl groups is 1. The summed E-state index contributed by atoms with van der Waals surface area (Å²) in [7, 11) is 0. The second-order valence-corrected chi connectivity index (χ2v) is 5.96. The lowest BCUT2D eigenvalue weighted by Gasteiger charge is -2.54. The van der Waals surface area contributed by atoms with Crippen molar-refractivity contribution in [2.45, 2.75) is 38.1 Å². The van der Waals surface area contributed by atoms with Crippen molar-refractivity contribution in [3.63, 3.8) is 0 Å². The van der Waals surface area contributed by atoms with Crippen LogP contribution in [0.25, 0.3) is 0 Å². The van der Waals surface area contributed by atoms with Gasteiger partial charge in [-0.05, 0) is 55.8 Å². The van der Waals surface area contributed by atoms with Gasteiger partial charge in [-0.3, -0.25) is 0 Å². The first-order valence-electron chi connectivity index (χ1n) is 6.80. The summed E-state index contributed by atoms with van der Waals surface area (Å²) < 4.78 is 4.90. The van der Waals surface area contributed by atoms with Crippen molar-refractivity contribution in [2.24, 2.45) is 23.7 Å². The Balaban J connectivity index is 1.58. The first-order chi connectivity index (χ1) is 8.26. The highest BCUT2D eigenvalue weighted by molar-refractivity contribution is 5.67. The molecule has 0 saturated heterocycles. The molecule has 0 aromatic rings. The second-order valence-electron chi connectivity index (χ2n) is 5.96. The summed E-state index contributed by atoms with van der Waals surface area (Å²) in [6, 6.07) is 0.328. The van der Waals surface area contributed by atoms with Crippen LogP contribution in [0.3, 0.4) is 0 Å². The average Bonchev–Trinajstić information content (AvgIpc) is 2.30. The largest absolute Gasteiger partial charge is 0.447 e. The van der Waals surface area contributed by atoms with Crippen molar-refractivity contribution in [3.05, 3.63) is 0 Å². The molecule has 4 bridgehead atoms.